The third-order valence-corrected chi connectivity index (χ3v) is 5.54. The van der Waals surface area contributed by atoms with Gasteiger partial charge < -0.3 is 5.32 Å². The summed E-state index contributed by atoms with van der Waals surface area (Å²) in [6.45, 7) is -0.00529. The van der Waals surface area contributed by atoms with Gasteiger partial charge in [0.05, 0.1) is 16.3 Å². The van der Waals surface area contributed by atoms with Crippen LogP contribution in [0.1, 0.15) is 11.1 Å². The number of benzodiazepines with no additional fused rings is 1. The second-order valence-corrected chi connectivity index (χ2v) is 7.73. The quantitative estimate of drug-likeness (QED) is 0.922. The summed E-state index contributed by atoms with van der Waals surface area (Å²) in [6.07, 6.45) is 0. The van der Waals surface area contributed by atoms with Crippen LogP contribution < -0.4 is 5.32 Å². The first-order chi connectivity index (χ1) is 11.4. The molecule has 24 heavy (non-hydrogen) atoms. The van der Waals surface area contributed by atoms with Crippen molar-refractivity contribution < 1.29 is 13.2 Å². The third kappa shape index (κ3) is 2.95. The molecule has 0 fully saturated rings. The zero-order chi connectivity index (χ0) is 17.3. The van der Waals surface area contributed by atoms with Crippen molar-refractivity contribution in [3.05, 3.63) is 59.7 Å². The van der Waals surface area contributed by atoms with Crippen LogP contribution in [0, 0.1) is 0 Å². The fourth-order valence-electron chi connectivity index (χ4n) is 2.47. The smallest absolute Gasteiger partial charge is 0.246 e. The Bertz CT molecular complexity index is 919. The highest BCUT2D eigenvalue weighted by atomic mass is 32.2. The SMILES string of the molecule is CN(C)S(=O)(=O)c1ccc2c(c1)C(c1ccccc1)=NCC(=O)N2. The van der Waals surface area contributed by atoms with E-state index in [4.69, 9.17) is 0 Å². The van der Waals surface area contributed by atoms with E-state index in [1.165, 1.54) is 20.2 Å². The molecule has 6 nitrogen and oxygen atoms in total. The molecule has 124 valence electrons. The van der Waals surface area contributed by atoms with Crippen molar-refractivity contribution in [2.45, 2.75) is 4.90 Å². The number of benzene rings is 2. The highest BCUT2D eigenvalue weighted by molar-refractivity contribution is 7.89. The van der Waals surface area contributed by atoms with Crippen LogP contribution >= 0.6 is 0 Å². The highest BCUT2D eigenvalue weighted by Crippen LogP contribution is 2.26. The van der Waals surface area contributed by atoms with Gasteiger partial charge in [0, 0.05) is 25.2 Å². The molecule has 2 aromatic rings. The van der Waals surface area contributed by atoms with Crippen LogP contribution in [0.4, 0.5) is 5.69 Å². The lowest BCUT2D eigenvalue weighted by molar-refractivity contribution is -0.114. The molecule has 0 bridgehead atoms. The summed E-state index contributed by atoms with van der Waals surface area (Å²) in [4.78, 5) is 16.4. The van der Waals surface area contributed by atoms with Crippen molar-refractivity contribution >= 4 is 27.3 Å². The summed E-state index contributed by atoms with van der Waals surface area (Å²) in [5.74, 6) is -0.231. The molecule has 7 heteroatoms. The Kier molecular flexibility index (Phi) is 4.21. The van der Waals surface area contributed by atoms with Gasteiger partial charge in [-0.1, -0.05) is 30.3 Å². The van der Waals surface area contributed by atoms with Gasteiger partial charge in [0.25, 0.3) is 0 Å². The first kappa shape index (κ1) is 16.4. The molecule has 1 aliphatic rings. The van der Waals surface area contributed by atoms with E-state index in [2.05, 4.69) is 10.3 Å². The number of carbonyl (C=O) groups is 1. The predicted octanol–water partition coefficient (Wildman–Crippen LogP) is 1.73. The molecule has 0 saturated heterocycles. The lowest BCUT2D eigenvalue weighted by Crippen LogP contribution is -2.22. The number of nitrogens with zero attached hydrogens (tertiary/aromatic N) is 2. The molecular formula is C17H17N3O3S. The molecule has 1 heterocycles. The largest absolute Gasteiger partial charge is 0.324 e. The van der Waals surface area contributed by atoms with Crippen LogP contribution in [0.25, 0.3) is 0 Å². The minimum Gasteiger partial charge on any atom is -0.324 e. The number of fused-ring (bicyclic) bond motifs is 1. The minimum atomic E-state index is -3.58. The first-order valence-corrected chi connectivity index (χ1v) is 8.80. The molecule has 0 unspecified atom stereocenters. The Morgan fingerprint density at radius 2 is 1.79 bits per heavy atom. The van der Waals surface area contributed by atoms with Crippen molar-refractivity contribution in [3.8, 4) is 0 Å². The predicted molar refractivity (Wildman–Crippen MR) is 92.9 cm³/mol. The first-order valence-electron chi connectivity index (χ1n) is 7.36. The maximum atomic E-state index is 12.4. The third-order valence-electron chi connectivity index (χ3n) is 3.73. The Balaban J connectivity index is 2.21. The van der Waals surface area contributed by atoms with Gasteiger partial charge in [0.15, 0.2) is 0 Å². The lowest BCUT2D eigenvalue weighted by Gasteiger charge is -2.15. The Hall–Kier alpha value is -2.51. The zero-order valence-corrected chi connectivity index (χ0v) is 14.2. The number of sulfonamides is 1. The Morgan fingerprint density at radius 3 is 2.46 bits per heavy atom. The standard InChI is InChI=1S/C17H17N3O3S/c1-20(2)24(22,23)13-8-9-15-14(10-13)17(18-11-16(21)19-15)12-6-4-3-5-7-12/h3-10H,11H2,1-2H3,(H,19,21). The highest BCUT2D eigenvalue weighted by Gasteiger charge is 2.23. The van der Waals surface area contributed by atoms with Crippen molar-refractivity contribution in [1.82, 2.24) is 4.31 Å². The summed E-state index contributed by atoms with van der Waals surface area (Å²) in [7, 11) is -0.614. The number of anilines is 1. The van der Waals surface area contributed by atoms with Crippen LogP contribution in [-0.4, -0.2) is 45.0 Å². The summed E-state index contributed by atoms with van der Waals surface area (Å²) in [6, 6.07) is 14.0. The number of nitrogens with one attached hydrogen (secondary N) is 1. The van der Waals surface area contributed by atoms with Gasteiger partial charge in [0.2, 0.25) is 15.9 Å². The van der Waals surface area contributed by atoms with Crippen LogP contribution in [-0.2, 0) is 14.8 Å². The van der Waals surface area contributed by atoms with Gasteiger partial charge in [-0.15, -0.1) is 0 Å². The van der Waals surface area contributed by atoms with E-state index in [1.807, 2.05) is 30.3 Å². The van der Waals surface area contributed by atoms with E-state index in [0.29, 0.717) is 17.0 Å². The Labute approximate surface area is 140 Å². The summed E-state index contributed by atoms with van der Waals surface area (Å²) in [5, 5.41) is 2.77. The molecule has 0 radical (unpaired) electrons. The van der Waals surface area contributed by atoms with E-state index in [0.717, 1.165) is 9.87 Å². The van der Waals surface area contributed by atoms with Gasteiger partial charge in [-0.25, -0.2) is 12.7 Å². The van der Waals surface area contributed by atoms with E-state index in [1.54, 1.807) is 12.1 Å². The van der Waals surface area contributed by atoms with Crippen molar-refractivity contribution in [2.75, 3.05) is 26.0 Å². The van der Waals surface area contributed by atoms with Gasteiger partial charge in [-0.05, 0) is 18.2 Å². The summed E-state index contributed by atoms with van der Waals surface area (Å²) >= 11 is 0. The maximum Gasteiger partial charge on any atom is 0.246 e. The summed E-state index contributed by atoms with van der Waals surface area (Å²) < 4.78 is 26.0. The Morgan fingerprint density at radius 1 is 1.08 bits per heavy atom. The van der Waals surface area contributed by atoms with E-state index in [-0.39, 0.29) is 17.3 Å². The van der Waals surface area contributed by atoms with Gasteiger partial charge in [0.1, 0.15) is 6.54 Å². The number of hydrogen-bond donors (Lipinski definition) is 1. The number of hydrogen-bond acceptors (Lipinski definition) is 4. The second kappa shape index (κ2) is 6.18. The molecule has 3 rings (SSSR count). The van der Waals surface area contributed by atoms with Crippen LogP contribution in [0.5, 0.6) is 0 Å². The molecule has 0 spiro atoms. The number of rotatable bonds is 3. The van der Waals surface area contributed by atoms with Crippen molar-refractivity contribution in [1.29, 1.82) is 0 Å². The van der Waals surface area contributed by atoms with Crippen LogP contribution in [0.2, 0.25) is 0 Å². The van der Waals surface area contributed by atoms with E-state index in [9.17, 15) is 13.2 Å². The normalized spacial score (nSPS) is 14.6. The molecule has 1 aliphatic heterocycles. The molecule has 2 aromatic carbocycles. The second-order valence-electron chi connectivity index (χ2n) is 5.57. The molecule has 0 aromatic heterocycles. The number of carbonyl (C=O) groups excluding carboxylic acids is 1. The molecule has 1 amide bonds. The molecular weight excluding hydrogens is 326 g/mol. The lowest BCUT2D eigenvalue weighted by atomic mass is 10.0. The van der Waals surface area contributed by atoms with Crippen molar-refractivity contribution in [2.24, 2.45) is 4.99 Å². The average Bonchev–Trinajstić information content (AvgIpc) is 2.73. The fourth-order valence-corrected chi connectivity index (χ4v) is 3.40. The molecule has 0 saturated carbocycles. The minimum absolute atomic E-state index is 0.00529. The molecule has 1 N–H and O–H groups in total. The van der Waals surface area contributed by atoms with Crippen molar-refractivity contribution in [3.63, 3.8) is 0 Å². The van der Waals surface area contributed by atoms with Gasteiger partial charge >= 0.3 is 0 Å². The van der Waals surface area contributed by atoms with Gasteiger partial charge in [-0.2, -0.15) is 0 Å². The molecule has 0 aliphatic carbocycles. The number of aliphatic imine (C=N–C) groups is 1. The topological polar surface area (TPSA) is 78.8 Å². The fraction of sp³-hybridized carbons (Fsp3) is 0.176. The van der Waals surface area contributed by atoms with Gasteiger partial charge in [-0.3, -0.25) is 9.79 Å². The summed E-state index contributed by atoms with van der Waals surface area (Å²) in [5.41, 5.74) is 2.57. The maximum absolute atomic E-state index is 12.4. The monoisotopic (exact) mass is 343 g/mol. The molecule has 0 atom stereocenters. The van der Waals surface area contributed by atoms with E-state index >= 15 is 0 Å². The average molecular weight is 343 g/mol. The zero-order valence-electron chi connectivity index (χ0n) is 13.4. The van der Waals surface area contributed by atoms with E-state index < -0.39 is 10.0 Å². The number of amides is 1. The van der Waals surface area contributed by atoms with Crippen LogP contribution in [0.3, 0.4) is 0 Å². The van der Waals surface area contributed by atoms with Crippen LogP contribution in [0.15, 0.2) is 58.4 Å².